The molecule has 1 saturated carbocycles. The summed E-state index contributed by atoms with van der Waals surface area (Å²) in [5, 5.41) is 0. The Labute approximate surface area is 95.1 Å². The molecular weight excluding hydrogens is 205 g/mol. The average Bonchev–Trinajstić information content (AvgIpc) is 2.65. The molecule has 0 aromatic heterocycles. The van der Waals surface area contributed by atoms with Crippen LogP contribution in [0.5, 0.6) is 0 Å². The van der Waals surface area contributed by atoms with Crippen molar-refractivity contribution in [3.63, 3.8) is 0 Å². The van der Waals surface area contributed by atoms with Crippen LogP contribution in [0.25, 0.3) is 0 Å². The predicted octanol–water partition coefficient (Wildman–Crippen LogP) is 2.63. The Hall–Kier alpha value is -1.38. The number of rotatable bonds is 3. The zero-order chi connectivity index (χ0) is 11.5. The van der Waals surface area contributed by atoms with Gasteiger partial charge in [-0.1, -0.05) is 12.1 Å². The lowest BCUT2D eigenvalue weighted by molar-refractivity contribution is -0.120. The molecule has 86 valence electrons. The van der Waals surface area contributed by atoms with E-state index < -0.39 is 0 Å². The number of Topliss-reactive ketones (excluding diaryl/α,β-unsaturated/α-hetero) is 1. The number of anilines is 1. The summed E-state index contributed by atoms with van der Waals surface area (Å²) in [5.74, 6) is 0.184. The lowest BCUT2D eigenvalue weighted by Gasteiger charge is -2.22. The molecule has 0 radical (unpaired) electrons. The molecule has 0 heterocycles. The first-order chi connectivity index (χ1) is 7.68. The Morgan fingerprint density at radius 2 is 2.19 bits per heavy atom. The van der Waals surface area contributed by atoms with Crippen LogP contribution in [-0.4, -0.2) is 19.4 Å². The highest BCUT2D eigenvalue weighted by atomic mass is 19.1. The fourth-order valence-electron chi connectivity index (χ4n) is 2.27. The van der Waals surface area contributed by atoms with E-state index in [9.17, 15) is 9.18 Å². The van der Waals surface area contributed by atoms with Gasteiger partial charge < -0.3 is 4.90 Å². The van der Waals surface area contributed by atoms with Crippen LogP contribution in [0.15, 0.2) is 24.3 Å². The summed E-state index contributed by atoms with van der Waals surface area (Å²) in [6, 6.07) is 6.68. The highest BCUT2D eigenvalue weighted by Gasteiger charge is 2.25. The van der Waals surface area contributed by atoms with Gasteiger partial charge in [0.1, 0.15) is 11.6 Å². The molecule has 0 saturated heterocycles. The fraction of sp³-hybridized carbons (Fsp3) is 0.462. The number of nitrogens with zero attached hydrogens (tertiary/aromatic N) is 1. The maximum atomic E-state index is 13.5. The molecule has 16 heavy (non-hydrogen) atoms. The maximum Gasteiger partial charge on any atom is 0.146 e. The summed E-state index contributed by atoms with van der Waals surface area (Å²) in [5.41, 5.74) is 0.571. The Bertz CT molecular complexity index is 391. The first-order valence-electron chi connectivity index (χ1n) is 5.67. The maximum absolute atomic E-state index is 13.5. The zero-order valence-corrected chi connectivity index (χ0v) is 9.45. The summed E-state index contributed by atoms with van der Waals surface area (Å²) in [7, 11) is 1.84. The number of benzene rings is 1. The molecule has 0 bridgehead atoms. The van der Waals surface area contributed by atoms with Crippen molar-refractivity contribution in [2.75, 3.05) is 18.5 Å². The second-order valence-electron chi connectivity index (χ2n) is 4.39. The van der Waals surface area contributed by atoms with Crippen LogP contribution < -0.4 is 4.90 Å². The third kappa shape index (κ3) is 2.23. The minimum absolute atomic E-state index is 0.0876. The van der Waals surface area contributed by atoms with E-state index in [4.69, 9.17) is 0 Å². The van der Waals surface area contributed by atoms with E-state index in [-0.39, 0.29) is 11.7 Å². The van der Waals surface area contributed by atoms with Gasteiger partial charge in [-0.05, 0) is 25.0 Å². The number of halogens is 1. The first kappa shape index (κ1) is 11.1. The van der Waals surface area contributed by atoms with Crippen LogP contribution in [0.1, 0.15) is 19.3 Å². The molecule has 2 nitrogen and oxygen atoms in total. The van der Waals surface area contributed by atoms with Gasteiger partial charge in [0.15, 0.2) is 0 Å². The molecule has 0 N–H and O–H groups in total. The summed E-state index contributed by atoms with van der Waals surface area (Å²) in [6.07, 6.45) is 2.61. The van der Waals surface area contributed by atoms with E-state index in [2.05, 4.69) is 0 Å². The van der Waals surface area contributed by atoms with E-state index >= 15 is 0 Å². The van der Waals surface area contributed by atoms with Crippen molar-refractivity contribution in [2.24, 2.45) is 5.92 Å². The second-order valence-corrected chi connectivity index (χ2v) is 4.39. The molecule has 1 fully saturated rings. The first-order valence-corrected chi connectivity index (χ1v) is 5.67. The fourth-order valence-corrected chi connectivity index (χ4v) is 2.27. The Balaban J connectivity index is 2.05. The molecule has 1 unspecified atom stereocenters. The summed E-state index contributed by atoms with van der Waals surface area (Å²) in [6.45, 7) is 0.625. The molecule has 3 heteroatoms. The van der Waals surface area contributed by atoms with E-state index in [1.54, 1.807) is 12.1 Å². The van der Waals surface area contributed by atoms with Crippen molar-refractivity contribution >= 4 is 11.5 Å². The third-order valence-corrected chi connectivity index (χ3v) is 3.19. The highest BCUT2D eigenvalue weighted by molar-refractivity contribution is 5.83. The summed E-state index contributed by atoms with van der Waals surface area (Å²) in [4.78, 5) is 13.3. The van der Waals surface area contributed by atoms with E-state index in [0.717, 1.165) is 12.8 Å². The molecule has 2 rings (SSSR count). The summed E-state index contributed by atoms with van der Waals surface area (Å²) >= 11 is 0. The van der Waals surface area contributed by atoms with Crippen molar-refractivity contribution in [1.82, 2.24) is 0 Å². The molecule has 1 aromatic rings. The van der Waals surface area contributed by atoms with Crippen molar-refractivity contribution in [3.8, 4) is 0 Å². The minimum atomic E-state index is -0.226. The van der Waals surface area contributed by atoms with Gasteiger partial charge in [0.25, 0.3) is 0 Å². The van der Waals surface area contributed by atoms with Crippen LogP contribution >= 0.6 is 0 Å². The van der Waals surface area contributed by atoms with Crippen LogP contribution in [-0.2, 0) is 4.79 Å². The van der Waals surface area contributed by atoms with Crippen molar-refractivity contribution < 1.29 is 9.18 Å². The van der Waals surface area contributed by atoms with E-state index in [1.807, 2.05) is 18.0 Å². The topological polar surface area (TPSA) is 20.3 Å². The molecule has 1 atom stereocenters. The Morgan fingerprint density at radius 1 is 1.44 bits per heavy atom. The molecule has 0 aliphatic heterocycles. The molecule has 1 aromatic carbocycles. The standard InChI is InChI=1S/C13H16FNO/c1-15(9-10-5-4-8-13(10)16)12-7-3-2-6-11(12)14/h2-3,6-7,10H,4-5,8-9H2,1H3. The SMILES string of the molecule is CN(CC1CCCC1=O)c1ccccc1F. The molecular formula is C13H16FNO. The minimum Gasteiger partial charge on any atom is -0.372 e. The Kier molecular flexibility index (Phi) is 3.22. The summed E-state index contributed by atoms with van der Waals surface area (Å²) < 4.78 is 13.5. The van der Waals surface area contributed by atoms with Crippen LogP contribution in [0.4, 0.5) is 10.1 Å². The number of carbonyl (C=O) groups is 1. The van der Waals surface area contributed by atoms with Gasteiger partial charge in [0, 0.05) is 25.9 Å². The predicted molar refractivity (Wildman–Crippen MR) is 62.0 cm³/mol. The number of hydrogen-bond donors (Lipinski definition) is 0. The Morgan fingerprint density at radius 3 is 2.81 bits per heavy atom. The molecule has 0 amide bonds. The quantitative estimate of drug-likeness (QED) is 0.782. The average molecular weight is 221 g/mol. The number of para-hydroxylation sites is 1. The largest absolute Gasteiger partial charge is 0.372 e. The lowest BCUT2D eigenvalue weighted by atomic mass is 10.1. The van der Waals surface area contributed by atoms with Crippen LogP contribution in [0.3, 0.4) is 0 Å². The normalized spacial score (nSPS) is 20.1. The van der Waals surface area contributed by atoms with Gasteiger partial charge >= 0.3 is 0 Å². The van der Waals surface area contributed by atoms with Gasteiger partial charge in [0.05, 0.1) is 5.69 Å². The van der Waals surface area contributed by atoms with Crippen molar-refractivity contribution in [2.45, 2.75) is 19.3 Å². The van der Waals surface area contributed by atoms with Gasteiger partial charge in [-0.25, -0.2) is 4.39 Å². The van der Waals surface area contributed by atoms with E-state index in [1.165, 1.54) is 6.07 Å². The van der Waals surface area contributed by atoms with Gasteiger partial charge in [-0.2, -0.15) is 0 Å². The molecule has 1 aliphatic carbocycles. The number of carbonyl (C=O) groups excluding carboxylic acids is 1. The zero-order valence-electron chi connectivity index (χ0n) is 9.45. The van der Waals surface area contributed by atoms with Gasteiger partial charge in [-0.3, -0.25) is 4.79 Å². The van der Waals surface area contributed by atoms with Crippen molar-refractivity contribution in [3.05, 3.63) is 30.1 Å². The lowest BCUT2D eigenvalue weighted by Crippen LogP contribution is -2.28. The monoisotopic (exact) mass is 221 g/mol. The van der Waals surface area contributed by atoms with E-state index in [0.29, 0.717) is 24.4 Å². The van der Waals surface area contributed by atoms with Gasteiger partial charge in [0.2, 0.25) is 0 Å². The molecule has 0 spiro atoms. The number of ketones is 1. The van der Waals surface area contributed by atoms with Crippen LogP contribution in [0.2, 0.25) is 0 Å². The third-order valence-electron chi connectivity index (χ3n) is 3.19. The smallest absolute Gasteiger partial charge is 0.146 e. The molecule has 1 aliphatic rings. The van der Waals surface area contributed by atoms with Crippen LogP contribution in [0, 0.1) is 11.7 Å². The highest BCUT2D eigenvalue weighted by Crippen LogP contribution is 2.25. The number of hydrogen-bond acceptors (Lipinski definition) is 2. The van der Waals surface area contributed by atoms with Crippen molar-refractivity contribution in [1.29, 1.82) is 0 Å². The van der Waals surface area contributed by atoms with Gasteiger partial charge in [-0.15, -0.1) is 0 Å². The second kappa shape index (κ2) is 4.64.